The number of hydrogen-bond acceptors (Lipinski definition) is 5. The third kappa shape index (κ3) is 3.40. The molecule has 0 bridgehead atoms. The fraction of sp³-hybridized carbons (Fsp3) is 0. The van der Waals surface area contributed by atoms with Crippen LogP contribution in [0, 0.1) is 27.4 Å². The number of non-ortho nitro benzene ring substituents is 2. The molecule has 0 unspecified atom stereocenters. The molecule has 0 amide bonds. The van der Waals surface area contributed by atoms with Gasteiger partial charge in [0.15, 0.2) is 5.78 Å². The second-order valence-electron chi connectivity index (χ2n) is 4.17. The third-order valence-electron chi connectivity index (χ3n) is 2.82. The molecule has 2 rings (SSSR count). The number of carbonyl (C=O) groups is 1. The minimum atomic E-state index is -0.536. The topological polar surface area (TPSA) is 103 Å². The second kappa shape index (κ2) is 6.64. The van der Waals surface area contributed by atoms with Crippen LogP contribution in [0.2, 0.25) is 0 Å². The van der Waals surface area contributed by atoms with Crippen LogP contribution in [0.3, 0.4) is 0 Å². The van der Waals surface area contributed by atoms with Crippen LogP contribution < -0.4 is 0 Å². The summed E-state index contributed by atoms with van der Waals surface area (Å²) in [6.45, 7) is 0. The quantitative estimate of drug-likeness (QED) is 0.261. The maximum absolute atomic E-state index is 12.5. The molecule has 22 heavy (non-hydrogen) atoms. The largest absolute Gasteiger partial charge is 0.289 e. The van der Waals surface area contributed by atoms with E-state index in [0.717, 1.165) is 0 Å². The predicted octanol–water partition coefficient (Wildman–Crippen LogP) is 3.94. The lowest BCUT2D eigenvalue weighted by Gasteiger charge is -2.06. The van der Waals surface area contributed by atoms with E-state index in [9.17, 15) is 25.0 Å². The van der Waals surface area contributed by atoms with Gasteiger partial charge in [-0.3, -0.25) is 25.0 Å². The smallest absolute Gasteiger partial charge is 0.270 e. The first-order valence-corrected chi connectivity index (χ1v) is 7.89. The molecule has 0 aromatic heterocycles. The van der Waals surface area contributed by atoms with Gasteiger partial charge in [0.2, 0.25) is 0 Å². The number of nitro benzene ring substituents is 2. The summed E-state index contributed by atoms with van der Waals surface area (Å²) >= 11 is 3.71. The number of nitro groups is 2. The van der Waals surface area contributed by atoms with Crippen LogP contribution in [0.5, 0.6) is 0 Å². The fourth-order valence-corrected chi connectivity index (χ4v) is 3.24. The van der Waals surface area contributed by atoms with E-state index in [0.29, 0.717) is 18.3 Å². The number of nitrogens with zero attached hydrogens (tertiary/aromatic N) is 2. The van der Waals surface area contributed by atoms with Gasteiger partial charge in [0, 0.05) is 42.5 Å². The van der Waals surface area contributed by atoms with E-state index in [1.165, 1.54) is 36.4 Å². The molecule has 0 spiro atoms. The lowest BCUT2D eigenvalue weighted by Crippen LogP contribution is -2.07. The van der Waals surface area contributed by atoms with E-state index in [2.05, 4.69) is 0 Å². The lowest BCUT2D eigenvalue weighted by atomic mass is 10.0. The van der Waals surface area contributed by atoms with Crippen molar-refractivity contribution in [2.24, 2.45) is 0 Å². The number of halogens is 2. The van der Waals surface area contributed by atoms with E-state index >= 15 is 0 Å². The molecule has 0 radical (unpaired) electrons. The highest BCUT2D eigenvalue weighted by Gasteiger charge is 2.19. The van der Waals surface area contributed by atoms with Crippen LogP contribution in [0.15, 0.2) is 36.4 Å². The molecule has 9 heteroatoms. The summed E-state index contributed by atoms with van der Waals surface area (Å²) < 4.78 is 0.900. The zero-order valence-corrected chi connectivity index (χ0v) is 15.0. The van der Waals surface area contributed by atoms with Crippen LogP contribution in [0.25, 0.3) is 0 Å². The highest BCUT2D eigenvalue weighted by atomic mass is 127. The van der Waals surface area contributed by atoms with E-state index in [1.807, 2.05) is 45.2 Å². The summed E-state index contributed by atoms with van der Waals surface area (Å²) in [5, 5.41) is 21.4. The average Bonchev–Trinajstić information content (AvgIpc) is 2.46. The van der Waals surface area contributed by atoms with Crippen molar-refractivity contribution in [1.29, 1.82) is 0 Å². The Hall–Kier alpha value is -1.63. The number of rotatable bonds is 4. The van der Waals surface area contributed by atoms with Crippen LogP contribution >= 0.6 is 45.2 Å². The van der Waals surface area contributed by atoms with Gasteiger partial charge in [-0.2, -0.15) is 0 Å². The standard InChI is InChI=1S/C13H6I2N2O5/c14-11-5-7(16(19)20)1-3-9(11)13(18)10-4-2-8(17(21)22)6-12(10)15/h1-6H. The number of hydrogen-bond donors (Lipinski definition) is 0. The average molecular weight is 524 g/mol. The number of benzene rings is 2. The minimum absolute atomic E-state index is 0.0978. The van der Waals surface area contributed by atoms with E-state index in [1.54, 1.807) is 0 Å². The predicted molar refractivity (Wildman–Crippen MR) is 95.1 cm³/mol. The van der Waals surface area contributed by atoms with Crippen molar-refractivity contribution in [2.45, 2.75) is 0 Å². The molecule has 0 saturated heterocycles. The van der Waals surface area contributed by atoms with Crippen molar-refractivity contribution in [3.05, 3.63) is 74.9 Å². The first kappa shape index (κ1) is 16.7. The Kier molecular flexibility index (Phi) is 5.05. The van der Waals surface area contributed by atoms with Crippen LogP contribution in [0.1, 0.15) is 15.9 Å². The Morgan fingerprint density at radius 2 is 1.18 bits per heavy atom. The summed E-state index contributed by atoms with van der Waals surface area (Å²) in [6.07, 6.45) is 0. The molecule has 2 aromatic rings. The molecule has 7 nitrogen and oxygen atoms in total. The molecular formula is C13H6I2N2O5. The van der Waals surface area contributed by atoms with Crippen molar-refractivity contribution in [3.8, 4) is 0 Å². The van der Waals surface area contributed by atoms with Gasteiger partial charge in [0.25, 0.3) is 11.4 Å². The number of carbonyl (C=O) groups excluding carboxylic acids is 1. The molecule has 0 atom stereocenters. The van der Waals surface area contributed by atoms with Crippen molar-refractivity contribution < 1.29 is 14.6 Å². The Bertz CT molecular complexity index is 742. The molecule has 0 aliphatic carbocycles. The SMILES string of the molecule is O=C(c1ccc([N+](=O)[O-])cc1I)c1ccc([N+](=O)[O-])cc1I. The molecular weight excluding hydrogens is 518 g/mol. The monoisotopic (exact) mass is 524 g/mol. The summed E-state index contributed by atoms with van der Waals surface area (Å²) in [5.41, 5.74) is 0.439. The molecule has 2 aromatic carbocycles. The van der Waals surface area contributed by atoms with Crippen molar-refractivity contribution in [3.63, 3.8) is 0 Å². The maximum Gasteiger partial charge on any atom is 0.270 e. The zero-order valence-electron chi connectivity index (χ0n) is 10.7. The normalized spacial score (nSPS) is 10.3. The highest BCUT2D eigenvalue weighted by Crippen LogP contribution is 2.26. The minimum Gasteiger partial charge on any atom is -0.289 e. The summed E-state index contributed by atoms with van der Waals surface area (Å²) in [6, 6.07) is 7.92. The van der Waals surface area contributed by atoms with Crippen molar-refractivity contribution >= 4 is 62.3 Å². The first-order valence-electron chi connectivity index (χ1n) is 5.74. The third-order valence-corrected chi connectivity index (χ3v) is 4.60. The summed E-state index contributed by atoms with van der Waals surface area (Å²) in [7, 11) is 0. The molecule has 0 aliphatic heterocycles. The fourth-order valence-electron chi connectivity index (χ4n) is 1.75. The van der Waals surface area contributed by atoms with E-state index in [-0.39, 0.29) is 17.2 Å². The van der Waals surface area contributed by atoms with Crippen LogP contribution in [-0.4, -0.2) is 15.6 Å². The van der Waals surface area contributed by atoms with Crippen molar-refractivity contribution in [1.82, 2.24) is 0 Å². The van der Waals surface area contributed by atoms with Gasteiger partial charge in [-0.05, 0) is 57.3 Å². The van der Waals surface area contributed by atoms with Gasteiger partial charge in [0.1, 0.15) is 0 Å². The summed E-state index contributed by atoms with van der Waals surface area (Å²) in [4.78, 5) is 32.9. The van der Waals surface area contributed by atoms with Crippen LogP contribution in [-0.2, 0) is 0 Å². The zero-order chi connectivity index (χ0) is 16.4. The molecule has 0 heterocycles. The second-order valence-corrected chi connectivity index (χ2v) is 6.50. The first-order chi connectivity index (χ1) is 10.3. The van der Waals surface area contributed by atoms with Crippen molar-refractivity contribution in [2.75, 3.05) is 0 Å². The Balaban J connectivity index is 2.44. The Labute approximate surface area is 151 Å². The van der Waals surface area contributed by atoms with Gasteiger partial charge in [-0.1, -0.05) is 0 Å². The highest BCUT2D eigenvalue weighted by molar-refractivity contribution is 14.1. The molecule has 0 saturated carbocycles. The summed E-state index contributed by atoms with van der Waals surface area (Å²) in [5.74, 6) is -0.335. The van der Waals surface area contributed by atoms with E-state index in [4.69, 9.17) is 0 Å². The van der Waals surface area contributed by atoms with Crippen LogP contribution in [0.4, 0.5) is 11.4 Å². The Morgan fingerprint density at radius 1 is 0.818 bits per heavy atom. The maximum atomic E-state index is 12.5. The number of ketones is 1. The molecule has 0 N–H and O–H groups in total. The molecule has 0 aliphatic rings. The molecule has 112 valence electrons. The van der Waals surface area contributed by atoms with Gasteiger partial charge in [-0.15, -0.1) is 0 Å². The Morgan fingerprint density at radius 3 is 1.45 bits per heavy atom. The lowest BCUT2D eigenvalue weighted by molar-refractivity contribution is -0.385. The van der Waals surface area contributed by atoms with E-state index < -0.39 is 9.85 Å². The van der Waals surface area contributed by atoms with Gasteiger partial charge in [0.05, 0.1) is 9.85 Å². The van der Waals surface area contributed by atoms with Gasteiger partial charge < -0.3 is 0 Å². The van der Waals surface area contributed by atoms with Gasteiger partial charge in [-0.25, -0.2) is 0 Å². The molecule has 0 fully saturated rings. The van der Waals surface area contributed by atoms with Gasteiger partial charge >= 0.3 is 0 Å².